The number of aromatic nitrogens is 2. The molecule has 0 saturated heterocycles. The molecule has 0 saturated carbocycles. The molecule has 0 aliphatic carbocycles. The number of hydrogen-bond donors (Lipinski definition) is 0. The van der Waals surface area contributed by atoms with E-state index in [9.17, 15) is 4.79 Å². The van der Waals surface area contributed by atoms with Crippen LogP contribution in [0.2, 0.25) is 5.02 Å². The highest BCUT2D eigenvalue weighted by Gasteiger charge is 2.23. The van der Waals surface area contributed by atoms with Crippen LogP contribution < -0.4 is 4.90 Å². The van der Waals surface area contributed by atoms with Crippen molar-refractivity contribution in [2.45, 2.75) is 27.3 Å². The van der Waals surface area contributed by atoms with E-state index in [1.165, 1.54) is 11.3 Å². The van der Waals surface area contributed by atoms with Gasteiger partial charge in [0, 0.05) is 23.0 Å². The molecule has 2 heterocycles. The summed E-state index contributed by atoms with van der Waals surface area (Å²) in [6, 6.07) is 13.4. The lowest BCUT2D eigenvalue weighted by Crippen LogP contribution is -2.30. The van der Waals surface area contributed by atoms with Gasteiger partial charge in [-0.3, -0.25) is 14.7 Å². The maximum atomic E-state index is 13.5. The third-order valence-corrected chi connectivity index (χ3v) is 6.18. The van der Waals surface area contributed by atoms with Gasteiger partial charge >= 0.3 is 0 Å². The monoisotopic (exact) mass is 421 g/mol. The lowest BCUT2D eigenvalue weighted by atomic mass is 10.1. The van der Waals surface area contributed by atoms with Crippen molar-refractivity contribution in [3.63, 3.8) is 0 Å². The first-order valence-corrected chi connectivity index (χ1v) is 10.5. The minimum atomic E-state index is -0.0836. The number of amides is 1. The first-order chi connectivity index (χ1) is 13.9. The average Bonchev–Trinajstić information content (AvgIpc) is 3.12. The highest BCUT2D eigenvalue weighted by atomic mass is 35.5. The second-order valence-corrected chi connectivity index (χ2v) is 8.56. The van der Waals surface area contributed by atoms with E-state index in [0.717, 1.165) is 32.5 Å². The van der Waals surface area contributed by atoms with Crippen molar-refractivity contribution in [1.29, 1.82) is 0 Å². The maximum absolute atomic E-state index is 13.5. The molecule has 6 heteroatoms. The van der Waals surface area contributed by atoms with E-state index >= 15 is 0 Å². The molecule has 4 rings (SSSR count). The van der Waals surface area contributed by atoms with E-state index in [1.807, 2.05) is 63.2 Å². The molecule has 4 aromatic rings. The number of anilines is 1. The second-order valence-electron chi connectivity index (χ2n) is 7.12. The Labute approximate surface area is 178 Å². The van der Waals surface area contributed by atoms with Crippen LogP contribution in [-0.4, -0.2) is 15.9 Å². The standard InChI is InChI=1S/C23H20ClN3OS/c1-14-6-7-18(9-15(14)2)22(28)27(13-17-5-4-8-25-12-17)23-26-21-16(3)10-19(24)11-20(21)29-23/h4-12H,13H2,1-3H3. The normalized spacial score (nSPS) is 11.0. The minimum Gasteiger partial charge on any atom is -0.279 e. The number of halogens is 1. The molecule has 0 aliphatic rings. The molecule has 0 unspecified atom stereocenters. The SMILES string of the molecule is Cc1ccc(C(=O)N(Cc2cccnc2)c2nc3c(C)cc(Cl)cc3s2)cc1C. The Morgan fingerprint density at radius 3 is 2.62 bits per heavy atom. The molecule has 1 amide bonds. The Hall–Kier alpha value is -2.76. The Kier molecular flexibility index (Phi) is 5.35. The first-order valence-electron chi connectivity index (χ1n) is 9.27. The predicted octanol–water partition coefficient (Wildman–Crippen LogP) is 6.12. The smallest absolute Gasteiger partial charge is 0.260 e. The third-order valence-electron chi connectivity index (χ3n) is 4.93. The molecule has 4 nitrogen and oxygen atoms in total. The molecule has 0 spiro atoms. The number of carbonyl (C=O) groups is 1. The van der Waals surface area contributed by atoms with Crippen LogP contribution in [0.25, 0.3) is 10.2 Å². The fourth-order valence-corrected chi connectivity index (χ4v) is 4.61. The molecule has 146 valence electrons. The van der Waals surface area contributed by atoms with Crippen LogP contribution in [0.15, 0.2) is 54.9 Å². The number of benzene rings is 2. The van der Waals surface area contributed by atoms with Gasteiger partial charge in [-0.1, -0.05) is 35.1 Å². The largest absolute Gasteiger partial charge is 0.279 e. The first kappa shape index (κ1) is 19.6. The quantitative estimate of drug-likeness (QED) is 0.399. The van der Waals surface area contributed by atoms with E-state index in [-0.39, 0.29) is 5.91 Å². The zero-order valence-corrected chi connectivity index (χ0v) is 18.0. The van der Waals surface area contributed by atoms with Crippen molar-refractivity contribution in [2.24, 2.45) is 0 Å². The van der Waals surface area contributed by atoms with Gasteiger partial charge in [0.25, 0.3) is 5.91 Å². The topological polar surface area (TPSA) is 46.1 Å². The van der Waals surface area contributed by atoms with Gasteiger partial charge in [-0.15, -0.1) is 0 Å². The van der Waals surface area contributed by atoms with Gasteiger partial charge in [-0.2, -0.15) is 0 Å². The maximum Gasteiger partial charge on any atom is 0.260 e. The van der Waals surface area contributed by atoms with E-state index < -0.39 is 0 Å². The highest BCUT2D eigenvalue weighted by Crippen LogP contribution is 2.34. The van der Waals surface area contributed by atoms with E-state index in [1.54, 1.807) is 17.3 Å². The molecule has 2 aromatic carbocycles. The van der Waals surface area contributed by atoms with Gasteiger partial charge in [-0.05, 0) is 73.4 Å². The molecule has 29 heavy (non-hydrogen) atoms. The van der Waals surface area contributed by atoms with Gasteiger partial charge in [0.05, 0.1) is 16.8 Å². The van der Waals surface area contributed by atoms with E-state index in [2.05, 4.69) is 4.98 Å². The number of hydrogen-bond acceptors (Lipinski definition) is 4. The van der Waals surface area contributed by atoms with Gasteiger partial charge in [0.2, 0.25) is 0 Å². The summed E-state index contributed by atoms with van der Waals surface area (Å²) in [6.07, 6.45) is 3.50. The number of aryl methyl sites for hydroxylation is 3. The van der Waals surface area contributed by atoms with Crippen molar-refractivity contribution < 1.29 is 4.79 Å². The molecule has 2 aromatic heterocycles. The average molecular weight is 422 g/mol. The summed E-state index contributed by atoms with van der Waals surface area (Å²) >= 11 is 7.70. The summed E-state index contributed by atoms with van der Waals surface area (Å²) in [7, 11) is 0. The van der Waals surface area contributed by atoms with Crippen LogP contribution >= 0.6 is 22.9 Å². The summed E-state index contributed by atoms with van der Waals surface area (Å²) < 4.78 is 0.967. The molecular weight excluding hydrogens is 402 g/mol. The lowest BCUT2D eigenvalue weighted by molar-refractivity contribution is 0.0985. The van der Waals surface area contributed by atoms with Gasteiger partial charge in [0.15, 0.2) is 5.13 Å². The molecule has 0 radical (unpaired) electrons. The summed E-state index contributed by atoms with van der Waals surface area (Å²) in [5.74, 6) is -0.0836. The van der Waals surface area contributed by atoms with Crippen molar-refractivity contribution in [3.05, 3.63) is 87.7 Å². The summed E-state index contributed by atoms with van der Waals surface area (Å²) in [6.45, 7) is 6.43. The van der Waals surface area contributed by atoms with Crippen LogP contribution in [0.1, 0.15) is 32.6 Å². The van der Waals surface area contributed by atoms with Gasteiger partial charge in [0.1, 0.15) is 0 Å². The second kappa shape index (κ2) is 7.93. The summed E-state index contributed by atoms with van der Waals surface area (Å²) in [4.78, 5) is 24.2. The zero-order valence-electron chi connectivity index (χ0n) is 16.4. The fraction of sp³-hybridized carbons (Fsp3) is 0.174. The highest BCUT2D eigenvalue weighted by molar-refractivity contribution is 7.22. The number of nitrogens with zero attached hydrogens (tertiary/aromatic N) is 3. The zero-order chi connectivity index (χ0) is 20.5. The van der Waals surface area contributed by atoms with Crippen LogP contribution in [0.4, 0.5) is 5.13 Å². The van der Waals surface area contributed by atoms with E-state index in [4.69, 9.17) is 16.6 Å². The van der Waals surface area contributed by atoms with Crippen molar-refractivity contribution >= 4 is 44.2 Å². The summed E-state index contributed by atoms with van der Waals surface area (Å²) in [5.41, 5.74) is 5.70. The Bertz CT molecular complexity index is 1200. The van der Waals surface area contributed by atoms with Gasteiger partial charge < -0.3 is 0 Å². The Morgan fingerprint density at radius 1 is 1.07 bits per heavy atom. The van der Waals surface area contributed by atoms with Crippen LogP contribution in [0.3, 0.4) is 0 Å². The summed E-state index contributed by atoms with van der Waals surface area (Å²) in [5, 5.41) is 1.32. The van der Waals surface area contributed by atoms with Crippen molar-refractivity contribution in [1.82, 2.24) is 9.97 Å². The number of rotatable bonds is 4. The van der Waals surface area contributed by atoms with E-state index in [0.29, 0.717) is 22.3 Å². The number of pyridine rings is 1. The van der Waals surface area contributed by atoms with Gasteiger partial charge in [-0.25, -0.2) is 4.98 Å². The van der Waals surface area contributed by atoms with Crippen LogP contribution in [0.5, 0.6) is 0 Å². The lowest BCUT2D eigenvalue weighted by Gasteiger charge is -2.20. The predicted molar refractivity (Wildman–Crippen MR) is 120 cm³/mol. The van der Waals surface area contributed by atoms with Crippen molar-refractivity contribution in [2.75, 3.05) is 4.90 Å². The minimum absolute atomic E-state index is 0.0836. The molecule has 0 N–H and O–H groups in total. The van der Waals surface area contributed by atoms with Crippen molar-refractivity contribution in [3.8, 4) is 0 Å². The third kappa shape index (κ3) is 4.02. The Balaban J connectivity index is 1.80. The molecule has 0 atom stereocenters. The molecular formula is C23H20ClN3OS. The van der Waals surface area contributed by atoms with Crippen LogP contribution in [0, 0.1) is 20.8 Å². The number of fused-ring (bicyclic) bond motifs is 1. The number of thiazole rings is 1. The molecule has 0 bridgehead atoms. The number of carbonyl (C=O) groups excluding carboxylic acids is 1. The Morgan fingerprint density at radius 2 is 1.90 bits per heavy atom. The molecule has 0 fully saturated rings. The fourth-order valence-electron chi connectivity index (χ4n) is 3.19. The van der Waals surface area contributed by atoms with Crippen LogP contribution in [-0.2, 0) is 6.54 Å². The molecule has 0 aliphatic heterocycles.